The number of hydrogen-bond acceptors (Lipinski definition) is 5. The molecule has 1 saturated heterocycles. The highest BCUT2D eigenvalue weighted by Gasteiger charge is 2.29. The first-order valence-electron chi connectivity index (χ1n) is 8.80. The summed E-state index contributed by atoms with van der Waals surface area (Å²) in [4.78, 5) is 24.6. The molecule has 1 fully saturated rings. The second-order valence-corrected chi connectivity index (χ2v) is 8.44. The van der Waals surface area contributed by atoms with Gasteiger partial charge in [0, 0.05) is 18.7 Å². The van der Waals surface area contributed by atoms with E-state index in [0.717, 1.165) is 12.8 Å². The lowest BCUT2D eigenvalue weighted by molar-refractivity contribution is -0.144. The number of nitrogens with zero attached hydrogens (tertiary/aromatic N) is 1. The summed E-state index contributed by atoms with van der Waals surface area (Å²) in [7, 11) is -2.33. The van der Waals surface area contributed by atoms with Crippen LogP contribution in [0.4, 0.5) is 0 Å². The summed E-state index contributed by atoms with van der Waals surface area (Å²) in [6, 6.07) is 5.12. The summed E-state index contributed by atoms with van der Waals surface area (Å²) < 4.78 is 31.5. The van der Waals surface area contributed by atoms with E-state index in [1.54, 1.807) is 0 Å². The SMILES string of the molecule is CC[C@H](C)[C@@H](NC(=O)c1cccc(S(=O)(=O)N2CCCC2)c1)C(=O)OC. The number of sulfonamides is 1. The van der Waals surface area contributed by atoms with Gasteiger partial charge >= 0.3 is 5.97 Å². The highest BCUT2D eigenvalue weighted by molar-refractivity contribution is 7.89. The van der Waals surface area contributed by atoms with Crippen LogP contribution in [-0.2, 0) is 19.6 Å². The first-order valence-corrected chi connectivity index (χ1v) is 10.2. The predicted octanol–water partition coefficient (Wildman–Crippen LogP) is 1.79. The second kappa shape index (κ2) is 8.64. The molecule has 0 unspecified atom stereocenters. The van der Waals surface area contributed by atoms with Crippen molar-refractivity contribution in [2.75, 3.05) is 20.2 Å². The molecular formula is C18H26N2O5S. The lowest BCUT2D eigenvalue weighted by atomic mass is 9.99. The molecule has 8 heteroatoms. The summed E-state index contributed by atoms with van der Waals surface area (Å²) in [5.41, 5.74) is 0.197. The molecule has 0 bridgehead atoms. The third kappa shape index (κ3) is 4.42. The van der Waals surface area contributed by atoms with Crippen molar-refractivity contribution in [1.82, 2.24) is 9.62 Å². The minimum Gasteiger partial charge on any atom is -0.467 e. The Morgan fingerprint density at radius 2 is 1.92 bits per heavy atom. The van der Waals surface area contributed by atoms with E-state index >= 15 is 0 Å². The minimum atomic E-state index is -3.60. The predicted molar refractivity (Wildman–Crippen MR) is 97.2 cm³/mol. The molecule has 144 valence electrons. The standard InChI is InChI=1S/C18H26N2O5S/c1-4-13(2)16(18(22)25-3)19-17(21)14-8-7-9-15(12-14)26(23,24)20-10-5-6-11-20/h7-9,12-13,16H,4-6,10-11H2,1-3H3,(H,19,21)/t13-,16+/m0/s1. The van der Waals surface area contributed by atoms with Crippen molar-refractivity contribution >= 4 is 21.9 Å². The number of amides is 1. The lowest BCUT2D eigenvalue weighted by Crippen LogP contribution is -2.45. The number of ether oxygens (including phenoxy) is 1. The van der Waals surface area contributed by atoms with Crippen LogP contribution in [0.15, 0.2) is 29.2 Å². The number of benzene rings is 1. The third-order valence-corrected chi connectivity index (χ3v) is 6.65. The molecule has 1 heterocycles. The maximum atomic E-state index is 12.7. The Morgan fingerprint density at radius 1 is 1.27 bits per heavy atom. The van der Waals surface area contributed by atoms with Crippen molar-refractivity contribution in [1.29, 1.82) is 0 Å². The zero-order valence-electron chi connectivity index (χ0n) is 15.4. The summed E-state index contributed by atoms with van der Waals surface area (Å²) >= 11 is 0. The molecular weight excluding hydrogens is 356 g/mol. The molecule has 0 saturated carbocycles. The van der Waals surface area contributed by atoms with Crippen LogP contribution in [0.1, 0.15) is 43.5 Å². The molecule has 26 heavy (non-hydrogen) atoms. The quantitative estimate of drug-likeness (QED) is 0.726. The topological polar surface area (TPSA) is 92.8 Å². The molecule has 1 aliphatic heterocycles. The highest BCUT2D eigenvalue weighted by Crippen LogP contribution is 2.21. The van der Waals surface area contributed by atoms with Crippen molar-refractivity contribution in [2.24, 2.45) is 5.92 Å². The molecule has 0 aromatic heterocycles. The molecule has 2 atom stereocenters. The summed E-state index contributed by atoms with van der Waals surface area (Å²) in [5.74, 6) is -1.13. The second-order valence-electron chi connectivity index (χ2n) is 6.50. The van der Waals surface area contributed by atoms with Gasteiger partial charge in [-0.2, -0.15) is 4.31 Å². The van der Waals surface area contributed by atoms with Gasteiger partial charge in [-0.3, -0.25) is 4.79 Å². The van der Waals surface area contributed by atoms with Gasteiger partial charge in [-0.15, -0.1) is 0 Å². The first-order chi connectivity index (χ1) is 12.3. The van der Waals surface area contributed by atoms with Gasteiger partial charge in [0.2, 0.25) is 10.0 Å². The zero-order chi connectivity index (χ0) is 19.3. The molecule has 7 nitrogen and oxygen atoms in total. The molecule has 1 aromatic carbocycles. The van der Waals surface area contributed by atoms with Crippen molar-refractivity contribution in [3.05, 3.63) is 29.8 Å². The monoisotopic (exact) mass is 382 g/mol. The number of hydrogen-bond donors (Lipinski definition) is 1. The molecule has 0 aliphatic carbocycles. The Morgan fingerprint density at radius 3 is 2.50 bits per heavy atom. The fraction of sp³-hybridized carbons (Fsp3) is 0.556. The third-order valence-electron chi connectivity index (χ3n) is 4.75. The molecule has 2 rings (SSSR count). The van der Waals surface area contributed by atoms with E-state index in [4.69, 9.17) is 4.74 Å². The van der Waals surface area contributed by atoms with Gasteiger partial charge in [-0.25, -0.2) is 13.2 Å². The number of carbonyl (C=O) groups excluding carboxylic acids is 2. The van der Waals surface area contributed by atoms with Crippen LogP contribution in [-0.4, -0.2) is 50.8 Å². The van der Waals surface area contributed by atoms with Crippen molar-refractivity contribution in [3.63, 3.8) is 0 Å². The molecule has 0 radical (unpaired) electrons. The fourth-order valence-corrected chi connectivity index (χ4v) is 4.46. The zero-order valence-corrected chi connectivity index (χ0v) is 16.2. The van der Waals surface area contributed by atoms with Crippen LogP contribution in [0.25, 0.3) is 0 Å². The maximum absolute atomic E-state index is 12.7. The molecule has 1 amide bonds. The number of rotatable bonds is 7. The first kappa shape index (κ1) is 20.4. The molecule has 1 aliphatic rings. The Labute approximate surface area is 154 Å². The molecule has 1 N–H and O–H groups in total. The lowest BCUT2D eigenvalue weighted by Gasteiger charge is -2.22. The molecule has 0 spiro atoms. The molecule has 1 aromatic rings. The highest BCUT2D eigenvalue weighted by atomic mass is 32.2. The van der Waals surface area contributed by atoms with E-state index in [1.165, 1.54) is 35.7 Å². The Hall–Kier alpha value is -1.93. The number of carbonyl (C=O) groups is 2. The summed E-state index contributed by atoms with van der Waals surface area (Å²) in [5, 5.41) is 2.66. The average molecular weight is 382 g/mol. The number of nitrogens with one attached hydrogen (secondary N) is 1. The van der Waals surface area contributed by atoms with Crippen molar-refractivity contribution in [3.8, 4) is 0 Å². The smallest absolute Gasteiger partial charge is 0.328 e. The van der Waals surface area contributed by atoms with E-state index in [-0.39, 0.29) is 16.4 Å². The van der Waals surface area contributed by atoms with Gasteiger partial charge in [0.05, 0.1) is 12.0 Å². The average Bonchev–Trinajstić information content (AvgIpc) is 3.20. The van der Waals surface area contributed by atoms with Crippen LogP contribution >= 0.6 is 0 Å². The van der Waals surface area contributed by atoms with E-state index in [1.807, 2.05) is 13.8 Å². The van der Waals surface area contributed by atoms with E-state index in [2.05, 4.69) is 5.32 Å². The van der Waals surface area contributed by atoms with Gasteiger partial charge in [0.15, 0.2) is 0 Å². The van der Waals surface area contributed by atoms with Crippen molar-refractivity contribution < 1.29 is 22.7 Å². The van der Waals surface area contributed by atoms with E-state index < -0.39 is 27.9 Å². The van der Waals surface area contributed by atoms with Crippen LogP contribution in [0, 0.1) is 5.92 Å². The minimum absolute atomic E-state index is 0.0882. The van der Waals surface area contributed by atoms with Crippen LogP contribution in [0.2, 0.25) is 0 Å². The van der Waals surface area contributed by atoms with Crippen molar-refractivity contribution in [2.45, 2.75) is 44.0 Å². The number of esters is 1. The van der Waals surface area contributed by atoms with Gasteiger partial charge in [-0.05, 0) is 37.0 Å². The van der Waals surface area contributed by atoms with Gasteiger partial charge in [-0.1, -0.05) is 26.3 Å². The van der Waals surface area contributed by atoms with Gasteiger partial charge < -0.3 is 10.1 Å². The fourth-order valence-electron chi connectivity index (χ4n) is 2.90. The largest absolute Gasteiger partial charge is 0.467 e. The summed E-state index contributed by atoms with van der Waals surface area (Å²) in [6.45, 7) is 4.75. The van der Waals surface area contributed by atoms with Crippen LogP contribution in [0.3, 0.4) is 0 Å². The van der Waals surface area contributed by atoms with Gasteiger partial charge in [0.1, 0.15) is 6.04 Å². The number of methoxy groups -OCH3 is 1. The Kier molecular flexibility index (Phi) is 6.77. The maximum Gasteiger partial charge on any atom is 0.328 e. The van der Waals surface area contributed by atoms with Gasteiger partial charge in [0.25, 0.3) is 5.91 Å². The van der Waals surface area contributed by atoms with Crippen LogP contribution in [0.5, 0.6) is 0 Å². The normalized spacial score (nSPS) is 17.5. The summed E-state index contributed by atoms with van der Waals surface area (Å²) in [6.07, 6.45) is 2.37. The van der Waals surface area contributed by atoms with E-state index in [9.17, 15) is 18.0 Å². The van der Waals surface area contributed by atoms with Crippen LogP contribution < -0.4 is 5.32 Å². The van der Waals surface area contributed by atoms with E-state index in [0.29, 0.717) is 19.5 Å². The Bertz CT molecular complexity index is 757. The Balaban J connectivity index is 2.23.